The molecule has 1 aromatic rings. The third-order valence-electron chi connectivity index (χ3n) is 4.82. The Kier molecular flexibility index (Phi) is 7.25. The van der Waals surface area contributed by atoms with Gasteiger partial charge in [-0.25, -0.2) is 18.0 Å². The molecule has 0 aliphatic carbocycles. The fraction of sp³-hybridized carbons (Fsp3) is 0.444. The zero-order valence-electron chi connectivity index (χ0n) is 16.3. The molecule has 1 fully saturated rings. The lowest BCUT2D eigenvalue weighted by Crippen LogP contribution is -2.52. The van der Waals surface area contributed by atoms with Gasteiger partial charge in [-0.3, -0.25) is 4.90 Å². The van der Waals surface area contributed by atoms with E-state index in [4.69, 9.17) is 27.9 Å². The number of carbonyl (C=O) groups excluding carboxylic acids is 2. The Bertz CT molecular complexity index is 975. The van der Waals surface area contributed by atoms with Crippen molar-refractivity contribution < 1.29 is 22.7 Å². The number of sulfonamides is 1. The Labute approximate surface area is 185 Å². The van der Waals surface area contributed by atoms with Crippen molar-refractivity contribution >= 4 is 45.2 Å². The summed E-state index contributed by atoms with van der Waals surface area (Å²) in [6.07, 6.45) is 0. The molecule has 2 heterocycles. The largest absolute Gasteiger partial charge is 0.463 e. The molecule has 1 aromatic carbocycles. The summed E-state index contributed by atoms with van der Waals surface area (Å²) in [5.41, 5.74) is 0.834. The number of piperazine rings is 1. The third-order valence-corrected chi connectivity index (χ3v) is 7.45. The molecule has 0 atom stereocenters. The molecule has 12 heteroatoms. The minimum atomic E-state index is -3.70. The first-order chi connectivity index (χ1) is 14.2. The number of ether oxygens (including phenoxy) is 1. The van der Waals surface area contributed by atoms with Gasteiger partial charge in [0.2, 0.25) is 10.0 Å². The molecule has 0 radical (unpaired) electrons. The minimum Gasteiger partial charge on any atom is -0.463 e. The second-order valence-corrected chi connectivity index (χ2v) is 9.49. The molecule has 0 aromatic heterocycles. The molecule has 30 heavy (non-hydrogen) atoms. The van der Waals surface area contributed by atoms with Crippen molar-refractivity contribution in [3.05, 3.63) is 39.5 Å². The van der Waals surface area contributed by atoms with Crippen LogP contribution in [-0.4, -0.2) is 75.5 Å². The Morgan fingerprint density at radius 1 is 1.17 bits per heavy atom. The number of hydrogen-bond acceptors (Lipinski definition) is 6. The molecular formula is C18H22Cl2N4O5S. The van der Waals surface area contributed by atoms with Gasteiger partial charge in [0.25, 0.3) is 0 Å². The maximum Gasteiger partial charge on any atom is 0.337 e. The van der Waals surface area contributed by atoms with Crippen LogP contribution in [0.1, 0.15) is 6.92 Å². The molecule has 0 unspecified atom stereocenters. The van der Waals surface area contributed by atoms with Crippen molar-refractivity contribution in [2.45, 2.75) is 11.8 Å². The van der Waals surface area contributed by atoms with Crippen molar-refractivity contribution in [2.24, 2.45) is 0 Å². The van der Waals surface area contributed by atoms with Crippen molar-refractivity contribution in [3.63, 3.8) is 0 Å². The normalized spacial score (nSPS) is 18.7. The van der Waals surface area contributed by atoms with Crippen LogP contribution in [0.4, 0.5) is 4.79 Å². The highest BCUT2D eigenvalue weighted by atomic mass is 35.5. The smallest absolute Gasteiger partial charge is 0.337 e. The highest BCUT2D eigenvalue weighted by Crippen LogP contribution is 2.27. The lowest BCUT2D eigenvalue weighted by molar-refractivity contribution is -0.138. The van der Waals surface area contributed by atoms with Gasteiger partial charge >= 0.3 is 12.0 Å². The Balaban J connectivity index is 1.68. The number of carbonyl (C=O) groups is 2. The predicted octanol–water partition coefficient (Wildman–Crippen LogP) is 1.43. The van der Waals surface area contributed by atoms with Crippen molar-refractivity contribution in [1.29, 1.82) is 0 Å². The number of nitrogens with zero attached hydrogens (tertiary/aromatic N) is 2. The predicted molar refractivity (Wildman–Crippen MR) is 112 cm³/mol. The Hall–Kier alpha value is -1.85. The molecule has 9 nitrogen and oxygen atoms in total. The number of rotatable bonds is 6. The number of halogens is 2. The van der Waals surface area contributed by atoms with Gasteiger partial charge in [-0.2, -0.15) is 4.31 Å². The number of amides is 2. The number of urea groups is 1. The summed E-state index contributed by atoms with van der Waals surface area (Å²) >= 11 is 11.8. The fourth-order valence-electron chi connectivity index (χ4n) is 3.22. The van der Waals surface area contributed by atoms with Crippen LogP contribution < -0.4 is 10.6 Å². The van der Waals surface area contributed by atoms with Crippen LogP contribution >= 0.6 is 23.2 Å². The van der Waals surface area contributed by atoms with Gasteiger partial charge in [0.15, 0.2) is 0 Å². The van der Waals surface area contributed by atoms with E-state index in [2.05, 4.69) is 10.6 Å². The number of esters is 1. The number of hydrogen-bond donors (Lipinski definition) is 2. The van der Waals surface area contributed by atoms with Crippen LogP contribution in [0.3, 0.4) is 0 Å². The van der Waals surface area contributed by atoms with E-state index < -0.39 is 16.0 Å². The van der Waals surface area contributed by atoms with E-state index in [-0.39, 0.29) is 47.2 Å². The standard InChI is InChI=1S/C18H22Cl2N4O5S/c1-2-29-17(25)13-10-21-18(26)22-16(13)11-23-5-7-24(8-6-23)30(27,28)12-3-4-14(19)15(20)9-12/h3-4,9H,2,5-8,10-11H2,1H3,(H2,21,22,26). The molecule has 3 rings (SSSR count). The van der Waals surface area contributed by atoms with E-state index in [0.29, 0.717) is 30.9 Å². The Morgan fingerprint density at radius 2 is 1.87 bits per heavy atom. The van der Waals surface area contributed by atoms with Gasteiger partial charge in [0.05, 0.1) is 33.7 Å². The summed E-state index contributed by atoms with van der Waals surface area (Å²) in [6, 6.07) is 3.83. The molecule has 1 saturated heterocycles. The van der Waals surface area contributed by atoms with Crippen LogP contribution in [0.2, 0.25) is 10.0 Å². The van der Waals surface area contributed by atoms with Crippen LogP contribution in [0.25, 0.3) is 0 Å². The van der Waals surface area contributed by atoms with Crippen LogP contribution in [0.15, 0.2) is 34.4 Å². The highest BCUT2D eigenvalue weighted by molar-refractivity contribution is 7.89. The zero-order valence-corrected chi connectivity index (χ0v) is 18.6. The zero-order chi connectivity index (χ0) is 21.9. The first-order valence-electron chi connectivity index (χ1n) is 9.34. The summed E-state index contributed by atoms with van der Waals surface area (Å²) < 4.78 is 32.2. The van der Waals surface area contributed by atoms with Gasteiger partial charge < -0.3 is 15.4 Å². The summed E-state index contributed by atoms with van der Waals surface area (Å²) in [4.78, 5) is 25.9. The summed E-state index contributed by atoms with van der Waals surface area (Å²) in [5, 5.41) is 5.68. The summed E-state index contributed by atoms with van der Waals surface area (Å²) in [5.74, 6) is -0.485. The average molecular weight is 477 g/mol. The van der Waals surface area contributed by atoms with E-state index in [1.807, 2.05) is 4.90 Å². The van der Waals surface area contributed by atoms with Gasteiger partial charge in [0.1, 0.15) is 0 Å². The van der Waals surface area contributed by atoms with Crippen molar-refractivity contribution in [1.82, 2.24) is 19.8 Å². The topological polar surface area (TPSA) is 108 Å². The molecule has 2 aliphatic heterocycles. The fourth-order valence-corrected chi connectivity index (χ4v) is 5.03. The van der Waals surface area contributed by atoms with Crippen molar-refractivity contribution in [2.75, 3.05) is 45.9 Å². The average Bonchev–Trinajstić information content (AvgIpc) is 2.70. The maximum atomic E-state index is 12.9. The van der Waals surface area contributed by atoms with E-state index in [0.717, 1.165) is 0 Å². The molecular weight excluding hydrogens is 455 g/mol. The van der Waals surface area contributed by atoms with Gasteiger partial charge in [-0.1, -0.05) is 23.2 Å². The molecule has 164 valence electrons. The summed E-state index contributed by atoms with van der Waals surface area (Å²) in [6.45, 7) is 3.73. The van der Waals surface area contributed by atoms with E-state index >= 15 is 0 Å². The first-order valence-corrected chi connectivity index (χ1v) is 11.5. The van der Waals surface area contributed by atoms with Crippen LogP contribution in [0.5, 0.6) is 0 Å². The molecule has 2 aliphatic rings. The van der Waals surface area contributed by atoms with Gasteiger partial charge in [-0.05, 0) is 25.1 Å². The lowest BCUT2D eigenvalue weighted by atomic mass is 10.1. The SMILES string of the molecule is CCOC(=O)C1=C(CN2CCN(S(=O)(=O)c3ccc(Cl)c(Cl)c3)CC2)NC(=O)NC1. The third kappa shape index (κ3) is 5.06. The highest BCUT2D eigenvalue weighted by Gasteiger charge is 2.31. The second kappa shape index (κ2) is 9.52. The van der Waals surface area contributed by atoms with Crippen LogP contribution in [0, 0.1) is 0 Å². The number of benzene rings is 1. The van der Waals surface area contributed by atoms with Crippen molar-refractivity contribution in [3.8, 4) is 0 Å². The molecule has 0 spiro atoms. The first kappa shape index (κ1) is 22.8. The second-order valence-electron chi connectivity index (χ2n) is 6.74. The van der Waals surface area contributed by atoms with Gasteiger partial charge in [0, 0.05) is 38.4 Å². The monoisotopic (exact) mass is 476 g/mol. The molecule has 2 N–H and O–H groups in total. The minimum absolute atomic E-state index is 0.0864. The molecule has 0 saturated carbocycles. The number of nitrogens with one attached hydrogen (secondary N) is 2. The molecule has 0 bridgehead atoms. The van der Waals surface area contributed by atoms with Crippen LogP contribution in [-0.2, 0) is 19.6 Å². The summed E-state index contributed by atoms with van der Waals surface area (Å²) in [7, 11) is -3.70. The quantitative estimate of drug-likeness (QED) is 0.601. The maximum absolute atomic E-state index is 12.9. The Morgan fingerprint density at radius 3 is 2.50 bits per heavy atom. The van der Waals surface area contributed by atoms with E-state index in [1.165, 1.54) is 22.5 Å². The van der Waals surface area contributed by atoms with E-state index in [1.54, 1.807) is 6.92 Å². The lowest BCUT2D eigenvalue weighted by Gasteiger charge is -2.35. The van der Waals surface area contributed by atoms with E-state index in [9.17, 15) is 18.0 Å². The molecule has 2 amide bonds. The van der Waals surface area contributed by atoms with Gasteiger partial charge in [-0.15, -0.1) is 0 Å².